The highest BCUT2D eigenvalue weighted by molar-refractivity contribution is 9.10. The molecule has 1 aliphatic rings. The second-order valence-corrected chi connectivity index (χ2v) is 8.60. The minimum atomic E-state index is 0.244. The fraction of sp³-hybridized carbons (Fsp3) is 0.562. The van der Waals surface area contributed by atoms with Crippen LogP contribution in [0.25, 0.3) is 0 Å². The maximum absolute atomic E-state index is 12.2. The summed E-state index contributed by atoms with van der Waals surface area (Å²) in [4.78, 5) is 14.6. The first kappa shape index (κ1) is 16.1. The minimum Gasteiger partial charge on any atom is -0.302 e. The van der Waals surface area contributed by atoms with Crippen LogP contribution in [0.4, 0.5) is 0 Å². The van der Waals surface area contributed by atoms with Crippen molar-refractivity contribution in [1.82, 2.24) is 4.90 Å². The number of hydrogen-bond donors (Lipinski definition) is 0. The van der Waals surface area contributed by atoms with Gasteiger partial charge in [0.15, 0.2) is 5.78 Å². The van der Waals surface area contributed by atoms with Crippen LogP contribution in [0.2, 0.25) is 0 Å². The number of halogens is 1. The van der Waals surface area contributed by atoms with Crippen LogP contribution in [-0.2, 0) is 0 Å². The van der Waals surface area contributed by atoms with Crippen molar-refractivity contribution in [1.29, 1.82) is 0 Å². The van der Waals surface area contributed by atoms with E-state index in [-0.39, 0.29) is 5.78 Å². The van der Waals surface area contributed by atoms with Crippen molar-refractivity contribution in [2.24, 2.45) is 0 Å². The van der Waals surface area contributed by atoms with E-state index in [0.29, 0.717) is 11.2 Å². The minimum absolute atomic E-state index is 0.244. The van der Waals surface area contributed by atoms with Crippen molar-refractivity contribution < 1.29 is 4.79 Å². The number of rotatable bonds is 4. The Kier molecular flexibility index (Phi) is 5.70. The summed E-state index contributed by atoms with van der Waals surface area (Å²) in [5.41, 5.74) is 0.817. The summed E-state index contributed by atoms with van der Waals surface area (Å²) in [6.07, 6.45) is 1.82. The Labute approximate surface area is 134 Å². The molecule has 0 spiro atoms. The van der Waals surface area contributed by atoms with Crippen LogP contribution in [0, 0.1) is 0 Å². The lowest BCUT2D eigenvalue weighted by Gasteiger charge is -2.22. The first-order valence-corrected chi connectivity index (χ1v) is 8.89. The first-order chi connectivity index (χ1) is 9.46. The van der Waals surface area contributed by atoms with Gasteiger partial charge in [0, 0.05) is 40.0 Å². The van der Waals surface area contributed by atoms with Gasteiger partial charge in [0.2, 0.25) is 0 Å². The molecule has 1 fully saturated rings. The summed E-state index contributed by atoms with van der Waals surface area (Å²) in [5.74, 6) is 1.41. The van der Waals surface area contributed by atoms with Gasteiger partial charge >= 0.3 is 0 Å². The summed E-state index contributed by atoms with van der Waals surface area (Å²) in [5, 5.41) is 0. The topological polar surface area (TPSA) is 20.3 Å². The number of thioether (sulfide) groups is 1. The Morgan fingerprint density at radius 3 is 2.70 bits per heavy atom. The molecule has 0 radical (unpaired) electrons. The zero-order chi connectivity index (χ0) is 14.6. The van der Waals surface area contributed by atoms with E-state index in [1.54, 1.807) is 0 Å². The molecule has 1 heterocycles. The molecule has 4 heteroatoms. The molecule has 0 amide bonds. The van der Waals surface area contributed by atoms with E-state index in [9.17, 15) is 4.79 Å². The smallest absolute Gasteiger partial charge is 0.164 e. The zero-order valence-electron chi connectivity index (χ0n) is 12.2. The molecule has 0 bridgehead atoms. The third-order valence-corrected chi connectivity index (χ3v) is 5.65. The Hall–Kier alpha value is -0.320. The lowest BCUT2D eigenvalue weighted by atomic mass is 10.1. The molecule has 2 rings (SSSR count). The molecule has 20 heavy (non-hydrogen) atoms. The third-order valence-electron chi connectivity index (χ3n) is 3.75. The largest absolute Gasteiger partial charge is 0.302 e. The van der Waals surface area contributed by atoms with Crippen molar-refractivity contribution in [3.63, 3.8) is 0 Å². The van der Waals surface area contributed by atoms with E-state index >= 15 is 0 Å². The maximum Gasteiger partial charge on any atom is 0.164 e. The molecule has 0 saturated carbocycles. The van der Waals surface area contributed by atoms with Gasteiger partial charge in [-0.2, -0.15) is 11.8 Å². The van der Waals surface area contributed by atoms with Crippen LogP contribution in [0.15, 0.2) is 28.7 Å². The van der Waals surface area contributed by atoms with E-state index in [4.69, 9.17) is 0 Å². The number of nitrogens with zero attached hydrogens (tertiary/aromatic N) is 1. The number of ketones is 1. The van der Waals surface area contributed by atoms with E-state index < -0.39 is 0 Å². The summed E-state index contributed by atoms with van der Waals surface area (Å²) in [6, 6.07) is 7.65. The van der Waals surface area contributed by atoms with Gasteiger partial charge in [-0.05, 0) is 25.1 Å². The Morgan fingerprint density at radius 1 is 1.30 bits per heavy atom. The van der Waals surface area contributed by atoms with Crippen molar-refractivity contribution in [3.05, 3.63) is 34.3 Å². The fourth-order valence-electron chi connectivity index (χ4n) is 2.33. The van der Waals surface area contributed by atoms with E-state index in [2.05, 4.69) is 34.7 Å². The second kappa shape index (κ2) is 7.10. The average molecular weight is 356 g/mol. The molecule has 0 unspecified atom stereocenters. The number of Topliss-reactive ketones (excluding diaryl/α,β-unsaturated/α-hetero) is 1. The van der Waals surface area contributed by atoms with Gasteiger partial charge in [-0.1, -0.05) is 41.9 Å². The molecular weight excluding hydrogens is 334 g/mol. The lowest BCUT2D eigenvalue weighted by Crippen LogP contribution is -2.29. The fourth-order valence-corrected chi connectivity index (χ4v) is 3.73. The number of carbonyl (C=O) groups is 1. The SMILES string of the molecule is CC1(C)CCN(CCC(=O)c2ccc(Br)cc2)CCS1. The van der Waals surface area contributed by atoms with Gasteiger partial charge in [-0.15, -0.1) is 0 Å². The molecule has 1 aromatic carbocycles. The van der Waals surface area contributed by atoms with Crippen LogP contribution < -0.4 is 0 Å². The van der Waals surface area contributed by atoms with Crippen molar-refractivity contribution in [2.45, 2.75) is 31.4 Å². The molecule has 0 N–H and O–H groups in total. The quantitative estimate of drug-likeness (QED) is 0.753. The molecule has 2 nitrogen and oxygen atoms in total. The van der Waals surface area contributed by atoms with Crippen molar-refractivity contribution in [2.75, 3.05) is 25.4 Å². The number of benzene rings is 1. The summed E-state index contributed by atoms with van der Waals surface area (Å²) >= 11 is 5.44. The van der Waals surface area contributed by atoms with Gasteiger partial charge in [0.05, 0.1) is 0 Å². The van der Waals surface area contributed by atoms with Crippen LogP contribution in [0.3, 0.4) is 0 Å². The highest BCUT2D eigenvalue weighted by atomic mass is 79.9. The van der Waals surface area contributed by atoms with Gasteiger partial charge in [-0.25, -0.2) is 0 Å². The highest BCUT2D eigenvalue weighted by Gasteiger charge is 2.23. The summed E-state index contributed by atoms with van der Waals surface area (Å²) in [7, 11) is 0. The van der Waals surface area contributed by atoms with Crippen molar-refractivity contribution in [3.8, 4) is 0 Å². The average Bonchev–Trinajstić information content (AvgIpc) is 2.58. The normalized spacial score (nSPS) is 19.6. The first-order valence-electron chi connectivity index (χ1n) is 7.11. The monoisotopic (exact) mass is 355 g/mol. The Balaban J connectivity index is 1.83. The standard InChI is InChI=1S/C16H22BrNOS/c1-16(2)8-10-18(11-12-20-16)9-7-15(19)13-3-5-14(17)6-4-13/h3-6H,7-12H2,1-2H3. The van der Waals surface area contributed by atoms with Crippen molar-refractivity contribution >= 4 is 33.5 Å². The Bertz CT molecular complexity index is 458. The third kappa shape index (κ3) is 4.90. The molecule has 0 aliphatic carbocycles. The lowest BCUT2D eigenvalue weighted by molar-refractivity contribution is 0.0965. The van der Waals surface area contributed by atoms with Gasteiger partial charge in [0.25, 0.3) is 0 Å². The maximum atomic E-state index is 12.2. The molecular formula is C16H22BrNOS. The van der Waals surface area contributed by atoms with E-state index in [0.717, 1.165) is 29.7 Å². The van der Waals surface area contributed by atoms with Crippen LogP contribution >= 0.6 is 27.7 Å². The molecule has 1 aliphatic heterocycles. The van der Waals surface area contributed by atoms with Crippen LogP contribution in [0.5, 0.6) is 0 Å². The predicted octanol–water partition coefficient (Wildman–Crippen LogP) is 4.24. The molecule has 1 saturated heterocycles. The van der Waals surface area contributed by atoms with E-state index in [1.807, 2.05) is 36.0 Å². The van der Waals surface area contributed by atoms with Gasteiger partial charge in [0.1, 0.15) is 0 Å². The molecule has 0 aromatic heterocycles. The number of carbonyl (C=O) groups excluding carboxylic acids is 1. The predicted molar refractivity (Wildman–Crippen MR) is 90.7 cm³/mol. The van der Waals surface area contributed by atoms with Gasteiger partial charge in [-0.3, -0.25) is 4.79 Å². The molecule has 1 aromatic rings. The van der Waals surface area contributed by atoms with E-state index in [1.165, 1.54) is 12.2 Å². The van der Waals surface area contributed by atoms with Crippen LogP contribution in [0.1, 0.15) is 37.0 Å². The molecule has 110 valence electrons. The second-order valence-electron chi connectivity index (χ2n) is 5.88. The van der Waals surface area contributed by atoms with Gasteiger partial charge < -0.3 is 4.90 Å². The zero-order valence-corrected chi connectivity index (χ0v) is 14.6. The number of hydrogen-bond acceptors (Lipinski definition) is 3. The molecule has 0 atom stereocenters. The summed E-state index contributed by atoms with van der Waals surface area (Å²) in [6.45, 7) is 7.71. The highest BCUT2D eigenvalue weighted by Crippen LogP contribution is 2.30. The van der Waals surface area contributed by atoms with Crippen LogP contribution in [-0.4, -0.2) is 40.8 Å². The summed E-state index contributed by atoms with van der Waals surface area (Å²) < 4.78 is 1.39. The Morgan fingerprint density at radius 2 is 2.00 bits per heavy atom.